The number of carbonyl (C=O) groups is 1. The highest BCUT2D eigenvalue weighted by Gasteiger charge is 2.15. The highest BCUT2D eigenvalue weighted by Crippen LogP contribution is 2.29. The Morgan fingerprint density at radius 1 is 1.04 bits per heavy atom. The van der Waals surface area contributed by atoms with Gasteiger partial charge in [0, 0.05) is 0 Å². The molecule has 0 N–H and O–H groups in total. The van der Waals surface area contributed by atoms with Gasteiger partial charge in [0.05, 0.1) is 12.2 Å². The largest absolute Gasteiger partial charge is 0.493 e. The van der Waals surface area contributed by atoms with E-state index in [2.05, 4.69) is 0 Å². The lowest BCUT2D eigenvalue weighted by Gasteiger charge is -2.13. The summed E-state index contributed by atoms with van der Waals surface area (Å²) in [4.78, 5) is 11.8. The van der Waals surface area contributed by atoms with Crippen LogP contribution in [0, 0.1) is 23.4 Å². The Bertz CT molecular complexity index is 716. The van der Waals surface area contributed by atoms with Crippen LogP contribution < -0.4 is 4.74 Å². The van der Waals surface area contributed by atoms with Gasteiger partial charge in [0.15, 0.2) is 23.2 Å². The molecule has 2 rings (SSSR count). The standard InChI is InChI=1S/C18H17F3O2/c1-10(2)9-23-17-5-4-12(6-14(17)11(3)22)13-7-15(19)18(21)16(20)8-13/h4-8,10H,9H2,1-3H3. The molecule has 5 heteroatoms. The zero-order chi connectivity index (χ0) is 17.1. The number of halogens is 3. The fourth-order valence-electron chi connectivity index (χ4n) is 2.09. The minimum absolute atomic E-state index is 0.152. The molecule has 0 saturated carbocycles. The second-order valence-corrected chi connectivity index (χ2v) is 5.73. The van der Waals surface area contributed by atoms with Crippen LogP contribution in [0.5, 0.6) is 5.75 Å². The van der Waals surface area contributed by atoms with Gasteiger partial charge in [-0.15, -0.1) is 0 Å². The van der Waals surface area contributed by atoms with E-state index < -0.39 is 17.5 Å². The van der Waals surface area contributed by atoms with Gasteiger partial charge in [0.25, 0.3) is 0 Å². The van der Waals surface area contributed by atoms with Crippen molar-refractivity contribution >= 4 is 5.78 Å². The molecule has 0 atom stereocenters. The predicted octanol–water partition coefficient (Wildman–Crippen LogP) is 5.01. The molecule has 122 valence electrons. The van der Waals surface area contributed by atoms with Gasteiger partial charge in [-0.1, -0.05) is 19.9 Å². The van der Waals surface area contributed by atoms with Crippen molar-refractivity contribution in [2.75, 3.05) is 6.61 Å². The summed E-state index contributed by atoms with van der Waals surface area (Å²) in [6.45, 7) is 5.78. The molecule has 0 aliphatic rings. The van der Waals surface area contributed by atoms with Gasteiger partial charge in [0.1, 0.15) is 5.75 Å². The summed E-state index contributed by atoms with van der Waals surface area (Å²) in [5.41, 5.74) is 0.873. The Hall–Kier alpha value is -2.30. The second kappa shape index (κ2) is 6.86. The summed E-state index contributed by atoms with van der Waals surface area (Å²) in [6, 6.07) is 6.44. The molecule has 0 bridgehead atoms. The van der Waals surface area contributed by atoms with Crippen molar-refractivity contribution in [2.24, 2.45) is 5.92 Å². The Kier molecular flexibility index (Phi) is 5.08. The molecular formula is C18H17F3O2. The third-order valence-electron chi connectivity index (χ3n) is 3.25. The van der Waals surface area contributed by atoms with Crippen molar-refractivity contribution < 1.29 is 22.7 Å². The van der Waals surface area contributed by atoms with Crippen molar-refractivity contribution in [3.63, 3.8) is 0 Å². The number of hydrogen-bond acceptors (Lipinski definition) is 2. The van der Waals surface area contributed by atoms with E-state index in [1.165, 1.54) is 13.0 Å². The van der Waals surface area contributed by atoms with Crippen LogP contribution in [0.25, 0.3) is 11.1 Å². The third-order valence-corrected chi connectivity index (χ3v) is 3.25. The van der Waals surface area contributed by atoms with Gasteiger partial charge in [0.2, 0.25) is 0 Å². The molecule has 0 amide bonds. The van der Waals surface area contributed by atoms with E-state index in [-0.39, 0.29) is 17.3 Å². The average molecular weight is 322 g/mol. The van der Waals surface area contributed by atoms with Gasteiger partial charge >= 0.3 is 0 Å². The fourth-order valence-corrected chi connectivity index (χ4v) is 2.09. The number of hydrogen-bond donors (Lipinski definition) is 0. The van der Waals surface area contributed by atoms with Crippen LogP contribution in [0.4, 0.5) is 13.2 Å². The van der Waals surface area contributed by atoms with Crippen LogP contribution in [0.2, 0.25) is 0 Å². The first-order valence-corrected chi connectivity index (χ1v) is 7.22. The van der Waals surface area contributed by atoms with E-state index in [1.54, 1.807) is 12.1 Å². The normalized spacial score (nSPS) is 10.9. The summed E-state index contributed by atoms with van der Waals surface area (Å²) < 4.78 is 45.4. The minimum atomic E-state index is -1.52. The maximum absolute atomic E-state index is 13.4. The lowest BCUT2D eigenvalue weighted by atomic mass is 10.0. The van der Waals surface area contributed by atoms with Gasteiger partial charge in [-0.2, -0.15) is 0 Å². The first-order chi connectivity index (χ1) is 10.8. The van der Waals surface area contributed by atoms with Crippen LogP contribution in [-0.2, 0) is 0 Å². The second-order valence-electron chi connectivity index (χ2n) is 5.73. The summed E-state index contributed by atoms with van der Waals surface area (Å²) in [6.07, 6.45) is 0. The van der Waals surface area contributed by atoms with E-state index in [1.807, 2.05) is 13.8 Å². The Morgan fingerprint density at radius 3 is 2.17 bits per heavy atom. The molecule has 0 unspecified atom stereocenters. The molecular weight excluding hydrogens is 305 g/mol. The molecule has 2 nitrogen and oxygen atoms in total. The summed E-state index contributed by atoms with van der Waals surface area (Å²) in [5, 5.41) is 0. The Balaban J connectivity index is 2.45. The van der Waals surface area contributed by atoms with Crippen LogP contribution in [0.15, 0.2) is 30.3 Å². The number of rotatable bonds is 5. The topological polar surface area (TPSA) is 26.3 Å². The van der Waals surface area contributed by atoms with E-state index in [4.69, 9.17) is 4.74 Å². The van der Waals surface area contributed by atoms with E-state index in [0.717, 1.165) is 12.1 Å². The SMILES string of the molecule is CC(=O)c1cc(-c2cc(F)c(F)c(F)c2)ccc1OCC(C)C. The Labute approximate surface area is 132 Å². The number of Topliss-reactive ketones (excluding diaryl/α,β-unsaturated/α-hetero) is 1. The molecule has 23 heavy (non-hydrogen) atoms. The van der Waals surface area contributed by atoms with Crippen molar-refractivity contribution in [1.29, 1.82) is 0 Å². The molecule has 0 aromatic heterocycles. The maximum atomic E-state index is 13.4. The third kappa shape index (κ3) is 3.92. The molecule has 0 heterocycles. The highest BCUT2D eigenvalue weighted by atomic mass is 19.2. The molecule has 0 radical (unpaired) electrons. The zero-order valence-electron chi connectivity index (χ0n) is 13.1. The van der Waals surface area contributed by atoms with Gasteiger partial charge in [-0.3, -0.25) is 4.79 Å². The molecule has 0 saturated heterocycles. The number of ether oxygens (including phenoxy) is 1. The average Bonchev–Trinajstić information content (AvgIpc) is 2.49. The lowest BCUT2D eigenvalue weighted by molar-refractivity contribution is 0.101. The van der Waals surface area contributed by atoms with E-state index in [0.29, 0.717) is 23.5 Å². The van der Waals surface area contributed by atoms with Crippen molar-refractivity contribution in [2.45, 2.75) is 20.8 Å². The predicted molar refractivity (Wildman–Crippen MR) is 82.1 cm³/mol. The van der Waals surface area contributed by atoms with Crippen molar-refractivity contribution in [1.82, 2.24) is 0 Å². The van der Waals surface area contributed by atoms with Crippen molar-refractivity contribution in [3.05, 3.63) is 53.3 Å². The van der Waals surface area contributed by atoms with Crippen LogP contribution in [0.3, 0.4) is 0 Å². The van der Waals surface area contributed by atoms with Crippen LogP contribution in [-0.4, -0.2) is 12.4 Å². The fraction of sp³-hybridized carbons (Fsp3) is 0.278. The monoisotopic (exact) mass is 322 g/mol. The molecule has 2 aromatic rings. The molecule has 0 spiro atoms. The van der Waals surface area contributed by atoms with Gasteiger partial charge in [-0.25, -0.2) is 13.2 Å². The van der Waals surface area contributed by atoms with E-state index in [9.17, 15) is 18.0 Å². The zero-order valence-corrected chi connectivity index (χ0v) is 13.1. The Morgan fingerprint density at radius 2 is 1.65 bits per heavy atom. The first-order valence-electron chi connectivity index (χ1n) is 7.22. The smallest absolute Gasteiger partial charge is 0.194 e. The van der Waals surface area contributed by atoms with Gasteiger partial charge < -0.3 is 4.74 Å². The van der Waals surface area contributed by atoms with Crippen LogP contribution >= 0.6 is 0 Å². The van der Waals surface area contributed by atoms with Gasteiger partial charge in [-0.05, 0) is 48.2 Å². The van der Waals surface area contributed by atoms with Crippen molar-refractivity contribution in [3.8, 4) is 16.9 Å². The summed E-state index contributed by atoms with van der Waals surface area (Å²) >= 11 is 0. The number of ketones is 1. The summed E-state index contributed by atoms with van der Waals surface area (Å²) in [7, 11) is 0. The molecule has 0 aliphatic carbocycles. The molecule has 0 aliphatic heterocycles. The first kappa shape index (κ1) is 17.1. The molecule has 2 aromatic carbocycles. The van der Waals surface area contributed by atoms with Crippen LogP contribution in [0.1, 0.15) is 31.1 Å². The quantitative estimate of drug-likeness (QED) is 0.571. The van der Waals surface area contributed by atoms with E-state index >= 15 is 0 Å². The molecule has 0 fully saturated rings. The minimum Gasteiger partial charge on any atom is -0.493 e. The highest BCUT2D eigenvalue weighted by molar-refractivity contribution is 5.98. The lowest BCUT2D eigenvalue weighted by Crippen LogP contribution is -2.07. The number of benzene rings is 2. The summed E-state index contributed by atoms with van der Waals surface area (Å²) in [5.74, 6) is -3.59. The maximum Gasteiger partial charge on any atom is 0.194 e. The number of carbonyl (C=O) groups excluding carboxylic acids is 1.